The van der Waals surface area contributed by atoms with Gasteiger partial charge in [0.25, 0.3) is 5.91 Å². The fourth-order valence-corrected chi connectivity index (χ4v) is 5.50. The standard InChI is InChI=1S/C25H31N3O2/c29-24(21-12-6-8-19-9-7-14-26-23(19)21)28-17-13-25(30,20-10-2-1-3-11-20)22(18-28)27-15-4-5-16-27/h1-3,6,8,10-12,22,26,30H,4-5,7,9,13-18H2/t22-,25+/m1/s1. The molecule has 5 nitrogen and oxygen atoms in total. The average Bonchev–Trinajstić information content (AvgIpc) is 3.34. The summed E-state index contributed by atoms with van der Waals surface area (Å²) < 4.78 is 0. The van der Waals surface area contributed by atoms with Crippen LogP contribution in [0.15, 0.2) is 48.5 Å². The predicted molar refractivity (Wildman–Crippen MR) is 119 cm³/mol. The summed E-state index contributed by atoms with van der Waals surface area (Å²) in [5.41, 5.74) is 3.07. The van der Waals surface area contributed by atoms with Crippen LogP contribution in [0.2, 0.25) is 0 Å². The quantitative estimate of drug-likeness (QED) is 0.823. The molecule has 2 N–H and O–H groups in total. The Bertz CT molecular complexity index is 910. The van der Waals surface area contributed by atoms with E-state index in [0.717, 1.165) is 62.1 Å². The van der Waals surface area contributed by atoms with E-state index in [9.17, 15) is 9.90 Å². The molecule has 1 amide bonds. The molecular formula is C25H31N3O2. The third-order valence-electron chi connectivity index (χ3n) is 7.16. The molecule has 2 aromatic carbocycles. The van der Waals surface area contributed by atoms with Crippen LogP contribution in [-0.4, -0.2) is 59.6 Å². The second-order valence-electron chi connectivity index (χ2n) is 8.92. The van der Waals surface area contributed by atoms with Crippen LogP contribution < -0.4 is 5.32 Å². The first kappa shape index (κ1) is 19.6. The molecule has 30 heavy (non-hydrogen) atoms. The Hall–Kier alpha value is -2.37. The Morgan fingerprint density at radius 1 is 1.00 bits per heavy atom. The molecule has 2 aromatic rings. The van der Waals surface area contributed by atoms with E-state index in [4.69, 9.17) is 0 Å². The van der Waals surface area contributed by atoms with E-state index < -0.39 is 5.60 Å². The third kappa shape index (κ3) is 3.40. The summed E-state index contributed by atoms with van der Waals surface area (Å²) in [7, 11) is 0. The minimum absolute atomic E-state index is 0.0763. The van der Waals surface area contributed by atoms with Crippen LogP contribution in [0.1, 0.15) is 47.2 Å². The van der Waals surface area contributed by atoms with Gasteiger partial charge < -0.3 is 15.3 Å². The van der Waals surface area contributed by atoms with Crippen LogP contribution in [0.5, 0.6) is 0 Å². The Morgan fingerprint density at radius 2 is 1.80 bits per heavy atom. The highest BCUT2D eigenvalue weighted by molar-refractivity contribution is 6.00. The lowest BCUT2D eigenvalue weighted by molar-refractivity contribution is -0.0877. The van der Waals surface area contributed by atoms with Gasteiger partial charge in [-0.3, -0.25) is 9.69 Å². The van der Waals surface area contributed by atoms with Gasteiger partial charge in [0.1, 0.15) is 5.60 Å². The van der Waals surface area contributed by atoms with Gasteiger partial charge in [-0.2, -0.15) is 0 Å². The molecule has 0 aliphatic carbocycles. The number of benzene rings is 2. The van der Waals surface area contributed by atoms with Crippen LogP contribution in [0.4, 0.5) is 5.69 Å². The number of piperidine rings is 1. The molecule has 0 bridgehead atoms. The minimum Gasteiger partial charge on any atom is -0.384 e. The van der Waals surface area contributed by atoms with Crippen molar-refractivity contribution in [1.82, 2.24) is 9.80 Å². The Labute approximate surface area is 178 Å². The number of carbonyl (C=O) groups excluding carboxylic acids is 1. The molecule has 2 fully saturated rings. The molecule has 2 saturated heterocycles. The van der Waals surface area contributed by atoms with Gasteiger partial charge in [0.05, 0.1) is 17.3 Å². The first-order valence-corrected chi connectivity index (χ1v) is 11.3. The highest BCUT2D eigenvalue weighted by atomic mass is 16.3. The van der Waals surface area contributed by atoms with Gasteiger partial charge >= 0.3 is 0 Å². The van der Waals surface area contributed by atoms with E-state index in [-0.39, 0.29) is 11.9 Å². The first-order chi connectivity index (χ1) is 14.7. The molecule has 5 heteroatoms. The van der Waals surface area contributed by atoms with E-state index in [1.807, 2.05) is 47.4 Å². The largest absolute Gasteiger partial charge is 0.384 e. The Balaban J connectivity index is 1.44. The number of fused-ring (bicyclic) bond motifs is 1. The number of likely N-dealkylation sites (tertiary alicyclic amines) is 2. The van der Waals surface area contributed by atoms with Gasteiger partial charge in [0.15, 0.2) is 0 Å². The van der Waals surface area contributed by atoms with E-state index in [0.29, 0.717) is 19.5 Å². The number of para-hydroxylation sites is 1. The lowest BCUT2D eigenvalue weighted by Gasteiger charge is -2.48. The van der Waals surface area contributed by atoms with Crippen molar-refractivity contribution >= 4 is 11.6 Å². The molecule has 158 valence electrons. The van der Waals surface area contributed by atoms with Gasteiger partial charge in [-0.1, -0.05) is 42.5 Å². The molecular weight excluding hydrogens is 374 g/mol. The fourth-order valence-electron chi connectivity index (χ4n) is 5.50. The highest BCUT2D eigenvalue weighted by Gasteiger charge is 2.47. The molecule has 5 rings (SSSR count). The van der Waals surface area contributed by atoms with Crippen molar-refractivity contribution in [3.05, 3.63) is 65.2 Å². The molecule has 3 aliphatic heterocycles. The number of anilines is 1. The SMILES string of the molecule is O=C(c1cccc2c1NCCC2)N1CC[C@](O)(c2ccccc2)[C@H](N2CCCC2)C1. The van der Waals surface area contributed by atoms with Crippen molar-refractivity contribution in [2.45, 2.75) is 43.7 Å². The van der Waals surface area contributed by atoms with Crippen molar-refractivity contribution in [1.29, 1.82) is 0 Å². The topological polar surface area (TPSA) is 55.8 Å². The summed E-state index contributed by atoms with van der Waals surface area (Å²) in [6, 6.07) is 16.0. The molecule has 0 spiro atoms. The first-order valence-electron chi connectivity index (χ1n) is 11.3. The summed E-state index contributed by atoms with van der Waals surface area (Å²) >= 11 is 0. The van der Waals surface area contributed by atoms with E-state index in [1.54, 1.807) is 0 Å². The van der Waals surface area contributed by atoms with Gasteiger partial charge in [-0.15, -0.1) is 0 Å². The number of nitrogens with one attached hydrogen (secondary N) is 1. The molecule has 0 radical (unpaired) electrons. The normalized spacial score (nSPS) is 26.8. The van der Waals surface area contributed by atoms with Gasteiger partial charge in [-0.25, -0.2) is 0 Å². The number of hydrogen-bond donors (Lipinski definition) is 2. The Morgan fingerprint density at radius 3 is 2.60 bits per heavy atom. The number of nitrogens with zero attached hydrogens (tertiary/aromatic N) is 2. The van der Waals surface area contributed by atoms with Crippen LogP contribution in [0.3, 0.4) is 0 Å². The van der Waals surface area contributed by atoms with Crippen LogP contribution in [0, 0.1) is 0 Å². The van der Waals surface area contributed by atoms with Crippen molar-refractivity contribution in [2.75, 3.05) is 38.0 Å². The molecule has 0 saturated carbocycles. The summed E-state index contributed by atoms with van der Waals surface area (Å²) in [6.07, 6.45) is 5.01. The van der Waals surface area contributed by atoms with Crippen molar-refractivity contribution in [3.8, 4) is 0 Å². The number of hydrogen-bond acceptors (Lipinski definition) is 4. The van der Waals surface area contributed by atoms with Gasteiger partial charge in [0.2, 0.25) is 0 Å². The lowest BCUT2D eigenvalue weighted by Crippen LogP contribution is -2.61. The molecule has 3 aliphatic rings. The molecule has 0 unspecified atom stereocenters. The lowest BCUT2D eigenvalue weighted by atomic mass is 9.79. The molecule has 3 heterocycles. The highest BCUT2D eigenvalue weighted by Crippen LogP contribution is 2.38. The molecule has 2 atom stereocenters. The maximum atomic E-state index is 13.6. The number of aryl methyl sites for hydroxylation is 1. The number of aliphatic hydroxyl groups is 1. The van der Waals surface area contributed by atoms with E-state index in [2.05, 4.69) is 16.3 Å². The van der Waals surface area contributed by atoms with Gasteiger partial charge in [0, 0.05) is 19.6 Å². The number of rotatable bonds is 3. The summed E-state index contributed by atoms with van der Waals surface area (Å²) in [6.45, 7) is 4.03. The van der Waals surface area contributed by atoms with Gasteiger partial charge in [-0.05, 0) is 62.4 Å². The maximum absolute atomic E-state index is 13.6. The number of carbonyl (C=O) groups is 1. The average molecular weight is 406 g/mol. The van der Waals surface area contributed by atoms with Crippen LogP contribution >= 0.6 is 0 Å². The summed E-state index contributed by atoms with van der Waals surface area (Å²) in [5.74, 6) is 0.0839. The summed E-state index contributed by atoms with van der Waals surface area (Å²) in [4.78, 5) is 17.9. The van der Waals surface area contributed by atoms with Crippen LogP contribution in [0.25, 0.3) is 0 Å². The second-order valence-corrected chi connectivity index (χ2v) is 8.92. The summed E-state index contributed by atoms with van der Waals surface area (Å²) in [5, 5.41) is 15.3. The Kier molecular flexibility index (Phi) is 5.25. The monoisotopic (exact) mass is 405 g/mol. The van der Waals surface area contributed by atoms with E-state index in [1.165, 1.54) is 5.56 Å². The second kappa shape index (κ2) is 8.05. The zero-order valence-electron chi connectivity index (χ0n) is 17.5. The zero-order valence-corrected chi connectivity index (χ0v) is 17.5. The predicted octanol–water partition coefficient (Wildman–Crippen LogP) is 3.24. The van der Waals surface area contributed by atoms with Crippen molar-refractivity contribution in [2.24, 2.45) is 0 Å². The van der Waals surface area contributed by atoms with E-state index >= 15 is 0 Å². The van der Waals surface area contributed by atoms with Crippen LogP contribution in [-0.2, 0) is 12.0 Å². The third-order valence-corrected chi connectivity index (χ3v) is 7.16. The minimum atomic E-state index is -0.920. The fraction of sp³-hybridized carbons (Fsp3) is 0.480. The van der Waals surface area contributed by atoms with Crippen molar-refractivity contribution < 1.29 is 9.90 Å². The molecule has 0 aromatic heterocycles. The van der Waals surface area contributed by atoms with Crippen molar-refractivity contribution in [3.63, 3.8) is 0 Å². The number of amides is 1. The smallest absolute Gasteiger partial charge is 0.256 e. The maximum Gasteiger partial charge on any atom is 0.256 e. The zero-order chi connectivity index (χ0) is 20.6.